The summed E-state index contributed by atoms with van der Waals surface area (Å²) < 4.78 is 0. The van der Waals surface area contributed by atoms with Crippen LogP contribution in [0.3, 0.4) is 0 Å². The molecule has 1 aromatic heterocycles. The summed E-state index contributed by atoms with van der Waals surface area (Å²) in [6, 6.07) is -0.620. The highest BCUT2D eigenvalue weighted by Crippen LogP contribution is 2.27. The number of hydrogen-bond acceptors (Lipinski definition) is 6. The van der Waals surface area contributed by atoms with E-state index < -0.39 is 6.04 Å². The number of nitrogen functional groups attached to an aromatic ring is 1. The number of carbonyl (C=O) groups is 2. The number of carbonyl (C=O) groups excluding carboxylic acids is 2. The molecule has 0 spiro atoms. The Morgan fingerprint density at radius 3 is 2.70 bits per heavy atom. The van der Waals surface area contributed by atoms with Crippen LogP contribution in [0.5, 0.6) is 0 Å². The maximum Gasteiger partial charge on any atom is 0.265 e. The highest BCUT2D eigenvalue weighted by Gasteiger charge is 2.21. The number of amides is 2. The number of nitrogens with zero attached hydrogens (tertiary/aromatic N) is 2. The first kappa shape index (κ1) is 16.2. The van der Waals surface area contributed by atoms with E-state index in [1.54, 1.807) is 6.92 Å². The average Bonchev–Trinajstić information content (AvgIpc) is 2.80. The topological polar surface area (TPSA) is 100 Å². The molecule has 0 aliphatic heterocycles. The van der Waals surface area contributed by atoms with Gasteiger partial charge in [0.2, 0.25) is 5.91 Å². The molecule has 8 heteroatoms. The standard InChI is InChI=1S/C12H21N5O2S/c1-5-6-17(4)12-16-9(13)8(20-12)11(19)15-7(2)10(18)14-3/h7H,5-6,13H2,1-4H3,(H,14,18)(H,15,19). The minimum absolute atomic E-state index is 0.189. The summed E-state index contributed by atoms with van der Waals surface area (Å²) in [6.07, 6.45) is 0.977. The zero-order chi connectivity index (χ0) is 15.3. The second-order valence-electron chi connectivity index (χ2n) is 4.44. The van der Waals surface area contributed by atoms with Crippen LogP contribution in [0.2, 0.25) is 0 Å². The summed E-state index contributed by atoms with van der Waals surface area (Å²) in [5.74, 6) is -0.452. The van der Waals surface area contributed by atoms with Crippen molar-refractivity contribution in [3.63, 3.8) is 0 Å². The van der Waals surface area contributed by atoms with Gasteiger partial charge in [0.1, 0.15) is 16.7 Å². The van der Waals surface area contributed by atoms with Crippen molar-refractivity contribution >= 4 is 34.1 Å². The van der Waals surface area contributed by atoms with Gasteiger partial charge in [-0.2, -0.15) is 0 Å². The number of anilines is 2. The van der Waals surface area contributed by atoms with Gasteiger partial charge in [0.25, 0.3) is 5.91 Å². The van der Waals surface area contributed by atoms with Crippen LogP contribution in [0, 0.1) is 0 Å². The molecule has 4 N–H and O–H groups in total. The van der Waals surface area contributed by atoms with Gasteiger partial charge < -0.3 is 21.3 Å². The maximum atomic E-state index is 12.1. The van der Waals surface area contributed by atoms with Crippen molar-refractivity contribution in [3.05, 3.63) is 4.88 Å². The lowest BCUT2D eigenvalue weighted by Gasteiger charge is -2.13. The van der Waals surface area contributed by atoms with Gasteiger partial charge in [0, 0.05) is 20.6 Å². The van der Waals surface area contributed by atoms with Gasteiger partial charge in [-0.25, -0.2) is 4.98 Å². The van der Waals surface area contributed by atoms with Crippen LogP contribution in [-0.2, 0) is 4.79 Å². The Balaban J connectivity index is 2.81. The first-order valence-electron chi connectivity index (χ1n) is 6.40. The van der Waals surface area contributed by atoms with E-state index in [0.29, 0.717) is 10.0 Å². The van der Waals surface area contributed by atoms with Crippen LogP contribution in [0.25, 0.3) is 0 Å². The van der Waals surface area contributed by atoms with E-state index in [-0.39, 0.29) is 17.6 Å². The Morgan fingerprint density at radius 1 is 1.50 bits per heavy atom. The summed E-state index contributed by atoms with van der Waals surface area (Å²) in [4.78, 5) is 29.9. The van der Waals surface area contributed by atoms with Gasteiger partial charge in [-0.05, 0) is 13.3 Å². The van der Waals surface area contributed by atoms with Gasteiger partial charge in [0.15, 0.2) is 5.13 Å². The fourth-order valence-corrected chi connectivity index (χ4v) is 2.50. The molecule has 20 heavy (non-hydrogen) atoms. The summed E-state index contributed by atoms with van der Waals surface area (Å²) in [5, 5.41) is 5.76. The molecule has 0 radical (unpaired) electrons. The van der Waals surface area contributed by atoms with E-state index in [4.69, 9.17) is 5.73 Å². The first-order valence-corrected chi connectivity index (χ1v) is 7.22. The van der Waals surface area contributed by atoms with Crippen LogP contribution in [0.1, 0.15) is 29.9 Å². The highest BCUT2D eigenvalue weighted by atomic mass is 32.1. The van der Waals surface area contributed by atoms with E-state index in [2.05, 4.69) is 22.5 Å². The fraction of sp³-hybridized carbons (Fsp3) is 0.583. The molecule has 1 atom stereocenters. The van der Waals surface area contributed by atoms with Gasteiger partial charge in [-0.1, -0.05) is 18.3 Å². The van der Waals surface area contributed by atoms with Gasteiger partial charge >= 0.3 is 0 Å². The van der Waals surface area contributed by atoms with Crippen molar-refractivity contribution in [1.29, 1.82) is 0 Å². The number of hydrogen-bond donors (Lipinski definition) is 3. The molecule has 1 rings (SSSR count). The largest absolute Gasteiger partial charge is 0.382 e. The average molecular weight is 299 g/mol. The molecule has 1 heterocycles. The van der Waals surface area contributed by atoms with E-state index in [1.165, 1.54) is 18.4 Å². The molecule has 0 fully saturated rings. The highest BCUT2D eigenvalue weighted by molar-refractivity contribution is 7.18. The van der Waals surface area contributed by atoms with Crippen molar-refractivity contribution < 1.29 is 9.59 Å². The Kier molecular flexibility index (Phi) is 5.75. The van der Waals surface area contributed by atoms with E-state index in [9.17, 15) is 9.59 Å². The van der Waals surface area contributed by atoms with Crippen molar-refractivity contribution in [3.8, 4) is 0 Å². The lowest BCUT2D eigenvalue weighted by molar-refractivity contribution is -0.122. The Hall–Kier alpha value is -1.83. The number of likely N-dealkylation sites (N-methyl/N-ethyl adjacent to an activating group) is 1. The Bertz CT molecular complexity index is 488. The van der Waals surface area contributed by atoms with Gasteiger partial charge in [0.05, 0.1) is 0 Å². The molecule has 112 valence electrons. The molecule has 0 aromatic carbocycles. The fourth-order valence-electron chi connectivity index (χ4n) is 1.62. The van der Waals surface area contributed by atoms with Crippen molar-refractivity contribution in [2.75, 3.05) is 31.3 Å². The van der Waals surface area contributed by atoms with Crippen LogP contribution in [0.4, 0.5) is 10.9 Å². The Morgan fingerprint density at radius 2 is 2.15 bits per heavy atom. The van der Waals surface area contributed by atoms with Crippen LogP contribution < -0.4 is 21.3 Å². The molecule has 1 unspecified atom stereocenters. The van der Waals surface area contributed by atoms with E-state index in [1.807, 2.05) is 11.9 Å². The zero-order valence-electron chi connectivity index (χ0n) is 12.2. The summed E-state index contributed by atoms with van der Waals surface area (Å²) >= 11 is 1.22. The number of rotatable bonds is 6. The third-order valence-corrected chi connectivity index (χ3v) is 3.91. The third kappa shape index (κ3) is 3.83. The van der Waals surface area contributed by atoms with Crippen LogP contribution >= 0.6 is 11.3 Å². The first-order chi connectivity index (χ1) is 9.40. The Labute approximate surface area is 122 Å². The second kappa shape index (κ2) is 7.09. The molecule has 0 saturated carbocycles. The van der Waals surface area contributed by atoms with Crippen molar-refractivity contribution in [2.45, 2.75) is 26.3 Å². The molecule has 0 aliphatic carbocycles. The molecule has 0 bridgehead atoms. The van der Waals surface area contributed by atoms with Gasteiger partial charge in [-0.15, -0.1) is 0 Å². The van der Waals surface area contributed by atoms with Gasteiger partial charge in [-0.3, -0.25) is 9.59 Å². The monoisotopic (exact) mass is 299 g/mol. The summed E-state index contributed by atoms with van der Waals surface area (Å²) in [7, 11) is 3.42. The number of thiazole rings is 1. The minimum Gasteiger partial charge on any atom is -0.382 e. The molecule has 2 amide bonds. The molecule has 7 nitrogen and oxygen atoms in total. The number of aromatic nitrogens is 1. The second-order valence-corrected chi connectivity index (χ2v) is 5.42. The smallest absolute Gasteiger partial charge is 0.265 e. The minimum atomic E-state index is -0.620. The van der Waals surface area contributed by atoms with E-state index in [0.717, 1.165) is 13.0 Å². The molecule has 0 aliphatic rings. The lowest BCUT2D eigenvalue weighted by Crippen LogP contribution is -2.43. The lowest BCUT2D eigenvalue weighted by atomic mass is 10.3. The third-order valence-electron chi connectivity index (χ3n) is 2.72. The molecular weight excluding hydrogens is 278 g/mol. The quantitative estimate of drug-likeness (QED) is 0.707. The van der Waals surface area contributed by atoms with E-state index >= 15 is 0 Å². The molecule has 1 aromatic rings. The van der Waals surface area contributed by atoms with Crippen molar-refractivity contribution in [1.82, 2.24) is 15.6 Å². The summed E-state index contributed by atoms with van der Waals surface area (Å²) in [6.45, 7) is 4.51. The predicted molar refractivity (Wildman–Crippen MR) is 81.1 cm³/mol. The van der Waals surface area contributed by atoms with Crippen LogP contribution in [-0.4, -0.2) is 43.5 Å². The predicted octanol–water partition coefficient (Wildman–Crippen LogP) is 0.436. The molecule has 0 saturated heterocycles. The summed E-state index contributed by atoms with van der Waals surface area (Å²) in [5.41, 5.74) is 5.77. The SMILES string of the molecule is CCCN(C)c1nc(N)c(C(=O)NC(C)C(=O)NC)s1. The zero-order valence-corrected chi connectivity index (χ0v) is 13.0. The number of nitrogens with one attached hydrogen (secondary N) is 2. The maximum absolute atomic E-state index is 12.1. The van der Waals surface area contributed by atoms with Crippen LogP contribution in [0.15, 0.2) is 0 Å². The molecular formula is C12H21N5O2S. The normalized spacial score (nSPS) is 11.8. The number of nitrogens with two attached hydrogens (primary N) is 1. The van der Waals surface area contributed by atoms with Crippen molar-refractivity contribution in [2.24, 2.45) is 0 Å².